The van der Waals surface area contributed by atoms with Crippen molar-refractivity contribution in [2.24, 2.45) is 0 Å². The molecule has 0 bridgehead atoms. The lowest BCUT2D eigenvalue weighted by atomic mass is 9.98. The molecule has 0 aliphatic rings. The van der Waals surface area contributed by atoms with Gasteiger partial charge in [0.05, 0.1) is 13.2 Å². The van der Waals surface area contributed by atoms with Crippen molar-refractivity contribution in [3.05, 3.63) is 28.8 Å². The molecule has 16 heavy (non-hydrogen) atoms. The van der Waals surface area contributed by atoms with Crippen LogP contribution >= 0.6 is 0 Å². The van der Waals surface area contributed by atoms with E-state index >= 15 is 0 Å². The van der Waals surface area contributed by atoms with Crippen LogP contribution in [0.1, 0.15) is 29.7 Å². The summed E-state index contributed by atoms with van der Waals surface area (Å²) < 4.78 is 5.24. The molecule has 1 atom stereocenters. The van der Waals surface area contributed by atoms with Crippen LogP contribution in [0.25, 0.3) is 0 Å². The number of rotatable bonds is 5. The van der Waals surface area contributed by atoms with Gasteiger partial charge in [0.25, 0.3) is 0 Å². The van der Waals surface area contributed by atoms with E-state index in [1.165, 1.54) is 0 Å². The first-order chi connectivity index (χ1) is 7.61. The van der Waals surface area contributed by atoms with Crippen LogP contribution in [0.2, 0.25) is 0 Å². The Bertz CT molecular complexity index is 350. The second-order valence-electron chi connectivity index (χ2n) is 3.93. The van der Waals surface area contributed by atoms with Crippen LogP contribution in [0.3, 0.4) is 0 Å². The molecule has 0 saturated heterocycles. The lowest BCUT2D eigenvalue weighted by molar-refractivity contribution is 0.174. The number of aliphatic hydroxyl groups is 1. The van der Waals surface area contributed by atoms with Crippen LogP contribution in [0.15, 0.2) is 12.1 Å². The fraction of sp³-hybridized carbons (Fsp3) is 0.538. The van der Waals surface area contributed by atoms with Crippen molar-refractivity contribution in [1.82, 2.24) is 5.32 Å². The number of methoxy groups -OCH3 is 1. The van der Waals surface area contributed by atoms with Crippen molar-refractivity contribution in [2.75, 3.05) is 20.2 Å². The van der Waals surface area contributed by atoms with E-state index in [1.54, 1.807) is 7.11 Å². The van der Waals surface area contributed by atoms with Crippen LogP contribution in [-0.2, 0) is 0 Å². The van der Waals surface area contributed by atoms with Gasteiger partial charge in [-0.2, -0.15) is 0 Å². The van der Waals surface area contributed by atoms with Crippen molar-refractivity contribution in [3.8, 4) is 5.75 Å². The molecule has 0 heterocycles. The van der Waals surface area contributed by atoms with Gasteiger partial charge in [0.15, 0.2) is 0 Å². The highest BCUT2D eigenvalue weighted by Crippen LogP contribution is 2.27. The minimum Gasteiger partial charge on any atom is -0.496 e. The van der Waals surface area contributed by atoms with Gasteiger partial charge >= 0.3 is 0 Å². The molecule has 0 spiro atoms. The molecule has 0 aliphatic carbocycles. The van der Waals surface area contributed by atoms with E-state index in [-0.39, 0.29) is 0 Å². The standard InChI is InChI=1S/C13H21NO2/c1-5-14-8-12(15)11-6-7-13(16-4)10(3)9(11)2/h6-7,12,14-15H,5,8H2,1-4H3. The maximum absolute atomic E-state index is 10.0. The van der Waals surface area contributed by atoms with Gasteiger partial charge < -0.3 is 15.2 Å². The smallest absolute Gasteiger partial charge is 0.122 e. The Hall–Kier alpha value is -1.06. The zero-order valence-electron chi connectivity index (χ0n) is 10.5. The number of ether oxygens (including phenoxy) is 1. The fourth-order valence-corrected chi connectivity index (χ4v) is 1.79. The number of hydrogen-bond donors (Lipinski definition) is 2. The van der Waals surface area contributed by atoms with E-state index in [4.69, 9.17) is 4.74 Å². The molecule has 90 valence electrons. The van der Waals surface area contributed by atoms with E-state index in [0.717, 1.165) is 29.0 Å². The molecular formula is C13H21NO2. The zero-order valence-corrected chi connectivity index (χ0v) is 10.5. The molecule has 3 nitrogen and oxygen atoms in total. The first-order valence-electron chi connectivity index (χ1n) is 5.64. The van der Waals surface area contributed by atoms with Crippen LogP contribution in [-0.4, -0.2) is 25.3 Å². The molecule has 1 rings (SSSR count). The molecule has 1 aromatic rings. The van der Waals surface area contributed by atoms with Crippen LogP contribution in [0, 0.1) is 13.8 Å². The molecule has 0 radical (unpaired) electrons. The first-order valence-corrected chi connectivity index (χ1v) is 5.64. The Morgan fingerprint density at radius 1 is 1.31 bits per heavy atom. The summed E-state index contributed by atoms with van der Waals surface area (Å²) in [6.07, 6.45) is -0.454. The molecule has 2 N–H and O–H groups in total. The SMILES string of the molecule is CCNCC(O)c1ccc(OC)c(C)c1C. The molecule has 1 unspecified atom stereocenters. The highest BCUT2D eigenvalue weighted by Gasteiger charge is 2.13. The fourth-order valence-electron chi connectivity index (χ4n) is 1.79. The molecule has 0 saturated carbocycles. The van der Waals surface area contributed by atoms with Gasteiger partial charge in [-0.25, -0.2) is 0 Å². The second kappa shape index (κ2) is 5.87. The van der Waals surface area contributed by atoms with Crippen molar-refractivity contribution in [2.45, 2.75) is 26.9 Å². The third kappa shape index (κ3) is 2.74. The lowest BCUT2D eigenvalue weighted by Crippen LogP contribution is -2.21. The number of hydrogen-bond acceptors (Lipinski definition) is 3. The minimum absolute atomic E-state index is 0.454. The Kier molecular flexibility index (Phi) is 4.77. The minimum atomic E-state index is -0.454. The molecule has 1 aromatic carbocycles. The average Bonchev–Trinajstić information content (AvgIpc) is 2.29. The van der Waals surface area contributed by atoms with Gasteiger partial charge in [-0.15, -0.1) is 0 Å². The Balaban J connectivity index is 2.93. The molecule has 0 aromatic heterocycles. The number of aliphatic hydroxyl groups excluding tert-OH is 1. The third-order valence-corrected chi connectivity index (χ3v) is 2.95. The van der Waals surface area contributed by atoms with E-state index in [2.05, 4.69) is 5.32 Å². The third-order valence-electron chi connectivity index (χ3n) is 2.95. The molecule has 0 aliphatic heterocycles. The maximum atomic E-state index is 10.0. The Morgan fingerprint density at radius 2 is 2.00 bits per heavy atom. The largest absolute Gasteiger partial charge is 0.496 e. The molecule has 0 amide bonds. The van der Waals surface area contributed by atoms with Crippen molar-refractivity contribution < 1.29 is 9.84 Å². The monoisotopic (exact) mass is 223 g/mol. The summed E-state index contributed by atoms with van der Waals surface area (Å²) in [5.41, 5.74) is 3.17. The van der Waals surface area contributed by atoms with Gasteiger partial charge in [0, 0.05) is 6.54 Å². The summed E-state index contributed by atoms with van der Waals surface area (Å²) in [5.74, 6) is 0.872. The van der Waals surface area contributed by atoms with Gasteiger partial charge in [-0.1, -0.05) is 13.0 Å². The summed E-state index contributed by atoms with van der Waals surface area (Å²) in [7, 11) is 1.66. The average molecular weight is 223 g/mol. The van der Waals surface area contributed by atoms with Crippen molar-refractivity contribution in [3.63, 3.8) is 0 Å². The predicted molar refractivity (Wildman–Crippen MR) is 66.0 cm³/mol. The number of likely N-dealkylation sites (N-methyl/N-ethyl adjacent to an activating group) is 1. The van der Waals surface area contributed by atoms with E-state index in [9.17, 15) is 5.11 Å². The quantitative estimate of drug-likeness (QED) is 0.801. The van der Waals surface area contributed by atoms with Crippen LogP contribution < -0.4 is 10.1 Å². The van der Waals surface area contributed by atoms with Gasteiger partial charge in [0.2, 0.25) is 0 Å². The molecular weight excluding hydrogens is 202 g/mol. The van der Waals surface area contributed by atoms with Crippen LogP contribution in [0.4, 0.5) is 0 Å². The van der Waals surface area contributed by atoms with E-state index < -0.39 is 6.10 Å². The molecule has 3 heteroatoms. The summed E-state index contributed by atoms with van der Waals surface area (Å²) in [6.45, 7) is 7.51. The summed E-state index contributed by atoms with van der Waals surface area (Å²) in [5, 5.41) is 13.2. The lowest BCUT2D eigenvalue weighted by Gasteiger charge is -2.17. The maximum Gasteiger partial charge on any atom is 0.122 e. The van der Waals surface area contributed by atoms with Crippen LogP contribution in [0.5, 0.6) is 5.75 Å². The zero-order chi connectivity index (χ0) is 12.1. The van der Waals surface area contributed by atoms with Gasteiger partial charge in [0.1, 0.15) is 5.75 Å². The van der Waals surface area contributed by atoms with Gasteiger partial charge in [-0.05, 0) is 43.1 Å². The van der Waals surface area contributed by atoms with E-state index in [0.29, 0.717) is 6.54 Å². The topological polar surface area (TPSA) is 41.5 Å². The number of benzene rings is 1. The highest BCUT2D eigenvalue weighted by molar-refractivity contribution is 5.44. The van der Waals surface area contributed by atoms with Crippen molar-refractivity contribution in [1.29, 1.82) is 0 Å². The summed E-state index contributed by atoms with van der Waals surface area (Å²) >= 11 is 0. The Labute approximate surface area is 97.4 Å². The Morgan fingerprint density at radius 3 is 2.56 bits per heavy atom. The van der Waals surface area contributed by atoms with E-state index in [1.807, 2.05) is 32.9 Å². The highest BCUT2D eigenvalue weighted by atomic mass is 16.5. The normalized spacial score (nSPS) is 12.6. The number of nitrogens with one attached hydrogen (secondary N) is 1. The summed E-state index contributed by atoms with van der Waals surface area (Å²) in [4.78, 5) is 0. The summed E-state index contributed by atoms with van der Waals surface area (Å²) in [6, 6.07) is 3.84. The predicted octanol–water partition coefficient (Wildman–Crippen LogP) is 1.95. The van der Waals surface area contributed by atoms with Crippen molar-refractivity contribution >= 4 is 0 Å². The first kappa shape index (κ1) is 13.0. The second-order valence-corrected chi connectivity index (χ2v) is 3.93. The molecule has 0 fully saturated rings. The van der Waals surface area contributed by atoms with Gasteiger partial charge in [-0.3, -0.25) is 0 Å².